The molecule has 0 aliphatic carbocycles. The average Bonchev–Trinajstić information content (AvgIpc) is 3.00. The summed E-state index contributed by atoms with van der Waals surface area (Å²) in [5.41, 5.74) is 7.90. The van der Waals surface area contributed by atoms with Crippen LogP contribution in [0.2, 0.25) is 0 Å². The van der Waals surface area contributed by atoms with Crippen LogP contribution in [0.3, 0.4) is 0 Å². The van der Waals surface area contributed by atoms with Crippen LogP contribution in [0.4, 0.5) is 5.88 Å². The molecular weight excluding hydrogens is 218 g/mol. The first kappa shape index (κ1) is 9.65. The third-order valence-corrected chi connectivity index (χ3v) is 2.39. The zero-order valence-corrected chi connectivity index (χ0v) is 8.83. The lowest BCUT2D eigenvalue weighted by atomic mass is 10.0. The second-order valence-electron chi connectivity index (χ2n) is 3.50. The summed E-state index contributed by atoms with van der Waals surface area (Å²) in [6.07, 6.45) is 3.13. The Morgan fingerprint density at radius 1 is 1.12 bits per heavy atom. The summed E-state index contributed by atoms with van der Waals surface area (Å²) in [6, 6.07) is 9.31. The molecule has 5 nitrogen and oxygen atoms in total. The molecule has 17 heavy (non-hydrogen) atoms. The van der Waals surface area contributed by atoms with Crippen molar-refractivity contribution in [2.45, 2.75) is 0 Å². The summed E-state index contributed by atoms with van der Waals surface area (Å²) >= 11 is 0. The first-order chi connectivity index (χ1) is 8.34. The zero-order valence-electron chi connectivity index (χ0n) is 8.83. The van der Waals surface area contributed by atoms with Gasteiger partial charge in [-0.05, 0) is 6.07 Å². The number of oxazole rings is 1. The van der Waals surface area contributed by atoms with Crippen molar-refractivity contribution in [1.29, 1.82) is 0 Å². The zero-order chi connectivity index (χ0) is 11.7. The van der Waals surface area contributed by atoms with Gasteiger partial charge in [0.15, 0.2) is 0 Å². The van der Waals surface area contributed by atoms with Gasteiger partial charge in [0.25, 0.3) is 0 Å². The highest BCUT2D eigenvalue weighted by Gasteiger charge is 2.13. The molecule has 1 aromatic carbocycles. The fourth-order valence-corrected chi connectivity index (χ4v) is 1.67. The standard InChI is InChI=1S/C12H9N3O2/c13-11-7-10(15-17-11)8-3-1-2-4-9(8)12-14-5-6-16-12/h1-7H,13H2. The van der Waals surface area contributed by atoms with E-state index < -0.39 is 0 Å². The summed E-state index contributed by atoms with van der Waals surface area (Å²) in [4.78, 5) is 4.12. The normalized spacial score (nSPS) is 10.6. The molecule has 0 aliphatic heterocycles. The summed E-state index contributed by atoms with van der Waals surface area (Å²) in [6.45, 7) is 0. The van der Waals surface area contributed by atoms with Gasteiger partial charge >= 0.3 is 0 Å². The first-order valence-corrected chi connectivity index (χ1v) is 5.06. The average molecular weight is 227 g/mol. The number of hydrogen-bond donors (Lipinski definition) is 1. The van der Waals surface area contributed by atoms with Crippen molar-refractivity contribution in [3.8, 4) is 22.7 Å². The van der Waals surface area contributed by atoms with E-state index in [9.17, 15) is 0 Å². The van der Waals surface area contributed by atoms with E-state index in [2.05, 4.69) is 10.1 Å². The number of nitrogen functional groups attached to an aromatic ring is 1. The number of benzene rings is 1. The Kier molecular flexibility index (Phi) is 2.15. The molecule has 0 atom stereocenters. The van der Waals surface area contributed by atoms with Crippen LogP contribution < -0.4 is 5.73 Å². The van der Waals surface area contributed by atoms with Crippen molar-refractivity contribution in [2.24, 2.45) is 0 Å². The van der Waals surface area contributed by atoms with Gasteiger partial charge in [0.2, 0.25) is 11.8 Å². The third kappa shape index (κ3) is 1.67. The third-order valence-electron chi connectivity index (χ3n) is 2.39. The number of rotatable bonds is 2. The van der Waals surface area contributed by atoms with E-state index >= 15 is 0 Å². The molecule has 0 saturated carbocycles. The highest BCUT2D eigenvalue weighted by atomic mass is 16.5. The van der Waals surface area contributed by atoms with Gasteiger partial charge in [-0.25, -0.2) is 4.98 Å². The van der Waals surface area contributed by atoms with Crippen LogP contribution >= 0.6 is 0 Å². The largest absolute Gasteiger partial charge is 0.445 e. The molecule has 3 aromatic rings. The SMILES string of the molecule is Nc1cc(-c2ccccc2-c2ncco2)no1. The van der Waals surface area contributed by atoms with Crippen molar-refractivity contribution >= 4 is 5.88 Å². The second kappa shape index (κ2) is 3.79. The molecule has 2 heterocycles. The van der Waals surface area contributed by atoms with Crippen molar-refractivity contribution in [2.75, 3.05) is 5.73 Å². The summed E-state index contributed by atoms with van der Waals surface area (Å²) < 4.78 is 10.2. The molecule has 0 bridgehead atoms. The summed E-state index contributed by atoms with van der Waals surface area (Å²) in [5, 5.41) is 3.89. The predicted molar refractivity (Wildman–Crippen MR) is 61.8 cm³/mol. The lowest BCUT2D eigenvalue weighted by Crippen LogP contribution is -1.84. The molecule has 0 unspecified atom stereocenters. The van der Waals surface area contributed by atoms with E-state index in [-0.39, 0.29) is 5.88 Å². The van der Waals surface area contributed by atoms with Crippen LogP contribution in [0, 0.1) is 0 Å². The molecular formula is C12H9N3O2. The number of anilines is 1. The van der Waals surface area contributed by atoms with Gasteiger partial charge < -0.3 is 14.7 Å². The Morgan fingerprint density at radius 3 is 2.59 bits per heavy atom. The molecule has 0 radical (unpaired) electrons. The van der Waals surface area contributed by atoms with Gasteiger partial charge in [-0.3, -0.25) is 0 Å². The Morgan fingerprint density at radius 2 is 1.94 bits per heavy atom. The maximum absolute atomic E-state index is 5.52. The minimum atomic E-state index is 0.280. The van der Waals surface area contributed by atoms with Crippen LogP contribution in [0.1, 0.15) is 0 Å². The topological polar surface area (TPSA) is 78.1 Å². The molecule has 0 fully saturated rings. The summed E-state index contributed by atoms with van der Waals surface area (Å²) in [7, 11) is 0. The maximum atomic E-state index is 5.52. The molecule has 0 aliphatic rings. The first-order valence-electron chi connectivity index (χ1n) is 5.06. The lowest BCUT2D eigenvalue weighted by Gasteiger charge is -2.01. The Hall–Kier alpha value is -2.56. The molecule has 0 spiro atoms. The lowest BCUT2D eigenvalue weighted by molar-refractivity contribution is 0.439. The maximum Gasteiger partial charge on any atom is 0.226 e. The van der Waals surface area contributed by atoms with Crippen LogP contribution in [0.5, 0.6) is 0 Å². The minimum absolute atomic E-state index is 0.280. The van der Waals surface area contributed by atoms with Gasteiger partial charge in [0.1, 0.15) is 12.0 Å². The summed E-state index contributed by atoms with van der Waals surface area (Å²) in [5.74, 6) is 0.823. The van der Waals surface area contributed by atoms with Gasteiger partial charge in [0, 0.05) is 17.2 Å². The van der Waals surface area contributed by atoms with E-state index in [0.29, 0.717) is 11.6 Å². The minimum Gasteiger partial charge on any atom is -0.445 e. The fraction of sp³-hybridized carbons (Fsp3) is 0. The molecule has 3 rings (SSSR count). The number of nitrogens with two attached hydrogens (primary N) is 1. The molecule has 5 heteroatoms. The van der Waals surface area contributed by atoms with E-state index in [1.54, 1.807) is 12.3 Å². The molecule has 0 saturated heterocycles. The monoisotopic (exact) mass is 227 g/mol. The second-order valence-corrected chi connectivity index (χ2v) is 3.50. The molecule has 2 aromatic heterocycles. The fourth-order valence-electron chi connectivity index (χ4n) is 1.67. The van der Waals surface area contributed by atoms with Crippen LogP contribution in [-0.4, -0.2) is 10.1 Å². The highest BCUT2D eigenvalue weighted by molar-refractivity contribution is 5.78. The molecule has 84 valence electrons. The van der Waals surface area contributed by atoms with Gasteiger partial charge in [-0.1, -0.05) is 23.4 Å². The van der Waals surface area contributed by atoms with Crippen molar-refractivity contribution < 1.29 is 8.94 Å². The number of nitrogens with zero attached hydrogens (tertiary/aromatic N) is 2. The highest BCUT2D eigenvalue weighted by Crippen LogP contribution is 2.30. The van der Waals surface area contributed by atoms with Crippen LogP contribution in [-0.2, 0) is 0 Å². The van der Waals surface area contributed by atoms with E-state index in [4.69, 9.17) is 14.7 Å². The Balaban J connectivity index is 2.17. The number of hydrogen-bond acceptors (Lipinski definition) is 5. The van der Waals surface area contributed by atoms with Gasteiger partial charge in [-0.15, -0.1) is 0 Å². The Labute approximate surface area is 96.9 Å². The Bertz CT molecular complexity index is 629. The van der Waals surface area contributed by atoms with E-state index in [0.717, 1.165) is 11.1 Å². The van der Waals surface area contributed by atoms with Crippen molar-refractivity contribution in [3.63, 3.8) is 0 Å². The predicted octanol–water partition coefficient (Wildman–Crippen LogP) is 2.58. The van der Waals surface area contributed by atoms with Gasteiger partial charge in [0.05, 0.1) is 6.20 Å². The van der Waals surface area contributed by atoms with Crippen LogP contribution in [0.25, 0.3) is 22.7 Å². The van der Waals surface area contributed by atoms with E-state index in [1.807, 2.05) is 24.3 Å². The quantitative estimate of drug-likeness (QED) is 0.727. The number of aromatic nitrogens is 2. The van der Waals surface area contributed by atoms with Gasteiger partial charge in [-0.2, -0.15) is 0 Å². The van der Waals surface area contributed by atoms with Crippen molar-refractivity contribution in [1.82, 2.24) is 10.1 Å². The van der Waals surface area contributed by atoms with Crippen molar-refractivity contribution in [3.05, 3.63) is 42.8 Å². The molecule has 0 amide bonds. The van der Waals surface area contributed by atoms with E-state index in [1.165, 1.54) is 6.26 Å². The molecule has 2 N–H and O–H groups in total. The smallest absolute Gasteiger partial charge is 0.226 e. The van der Waals surface area contributed by atoms with Crippen LogP contribution in [0.15, 0.2) is 51.7 Å².